The maximum Gasteiger partial charge on any atom is 0.426 e. The molecule has 0 amide bonds. The lowest BCUT2D eigenvalue weighted by molar-refractivity contribution is -0.395. The van der Waals surface area contributed by atoms with Crippen LogP contribution in [0.3, 0.4) is 0 Å². The van der Waals surface area contributed by atoms with Crippen molar-refractivity contribution in [2.24, 2.45) is 0 Å². The quantitative estimate of drug-likeness (QED) is 0.0294. The Kier molecular flexibility index (Phi) is 14.6. The van der Waals surface area contributed by atoms with E-state index in [4.69, 9.17) is 14.2 Å². The molecule has 3 rings (SSSR count). The first-order valence-corrected chi connectivity index (χ1v) is 16.1. The summed E-state index contributed by atoms with van der Waals surface area (Å²) in [4.78, 5) is 46.0. The maximum absolute atomic E-state index is 14.9. The third kappa shape index (κ3) is 12.6. The zero-order valence-electron chi connectivity index (χ0n) is 27.8. The zero-order chi connectivity index (χ0) is 38.5. The number of esters is 1. The second-order valence-corrected chi connectivity index (χ2v) is 11.5. The van der Waals surface area contributed by atoms with Gasteiger partial charge in [0, 0.05) is 18.6 Å². The van der Waals surface area contributed by atoms with Gasteiger partial charge in [0.2, 0.25) is 0 Å². The van der Waals surface area contributed by atoms with Gasteiger partial charge in [0.05, 0.1) is 39.2 Å². The molecule has 0 spiro atoms. The van der Waals surface area contributed by atoms with Crippen LogP contribution in [0.1, 0.15) is 91.4 Å². The van der Waals surface area contributed by atoms with Gasteiger partial charge in [-0.1, -0.05) is 31.9 Å². The van der Waals surface area contributed by atoms with Crippen molar-refractivity contribution in [3.63, 3.8) is 0 Å². The molecule has 0 fully saturated rings. The fourth-order valence-corrected chi connectivity index (χ4v) is 4.97. The maximum atomic E-state index is 14.9. The number of halogens is 5. The molecular formula is C35H35F5N2O10. The third-order valence-electron chi connectivity index (χ3n) is 7.53. The second-order valence-electron chi connectivity index (χ2n) is 11.5. The number of nitro groups is 2. The van der Waals surface area contributed by atoms with E-state index < -0.39 is 74.7 Å². The second kappa shape index (κ2) is 18.6. The highest BCUT2D eigenvalue weighted by molar-refractivity contribution is 5.92. The van der Waals surface area contributed by atoms with E-state index in [9.17, 15) is 56.9 Å². The Hall–Kier alpha value is -5.61. The normalized spacial score (nSPS) is 12.3. The summed E-state index contributed by atoms with van der Waals surface area (Å²) in [7, 11) is 0. The topological polar surface area (TPSA) is 168 Å². The number of hydrogen-bond acceptors (Lipinski definition) is 9. The molecule has 1 unspecified atom stereocenters. The molecule has 0 heterocycles. The van der Waals surface area contributed by atoms with Crippen LogP contribution >= 0.6 is 0 Å². The summed E-state index contributed by atoms with van der Waals surface area (Å²) < 4.78 is 82.2. The highest BCUT2D eigenvalue weighted by Crippen LogP contribution is 2.38. The lowest BCUT2D eigenvalue weighted by Gasteiger charge is -2.19. The fraction of sp³-hybridized carbons (Fsp3) is 0.371. The highest BCUT2D eigenvalue weighted by Gasteiger charge is 2.35. The van der Waals surface area contributed by atoms with Crippen LogP contribution in [-0.2, 0) is 15.6 Å². The number of rotatable bonds is 20. The molecule has 3 aromatic carbocycles. The minimum Gasteiger partial charge on any atom is -0.494 e. The van der Waals surface area contributed by atoms with E-state index in [0.29, 0.717) is 50.0 Å². The van der Waals surface area contributed by atoms with E-state index in [-0.39, 0.29) is 30.8 Å². The van der Waals surface area contributed by atoms with Crippen molar-refractivity contribution in [2.45, 2.75) is 76.7 Å². The Balaban J connectivity index is 1.67. The molecule has 52 heavy (non-hydrogen) atoms. The van der Waals surface area contributed by atoms with Gasteiger partial charge in [-0.05, 0) is 80.1 Å². The van der Waals surface area contributed by atoms with Crippen LogP contribution in [0.2, 0.25) is 0 Å². The first-order valence-electron chi connectivity index (χ1n) is 16.1. The zero-order valence-corrected chi connectivity index (χ0v) is 27.8. The average molecular weight is 739 g/mol. The number of aromatic carboxylic acids is 1. The third-order valence-corrected chi connectivity index (χ3v) is 7.53. The Morgan fingerprint density at radius 2 is 1.52 bits per heavy atom. The lowest BCUT2D eigenvalue weighted by atomic mass is 9.95. The van der Waals surface area contributed by atoms with E-state index in [1.54, 1.807) is 0 Å². The molecule has 0 aliphatic carbocycles. The van der Waals surface area contributed by atoms with Gasteiger partial charge in [0.1, 0.15) is 17.6 Å². The predicted molar refractivity (Wildman–Crippen MR) is 176 cm³/mol. The Labute approximate surface area is 294 Å². The van der Waals surface area contributed by atoms with Gasteiger partial charge in [-0.15, -0.1) is 0 Å². The van der Waals surface area contributed by atoms with Crippen LogP contribution in [0, 0.1) is 20.2 Å². The van der Waals surface area contributed by atoms with Crippen molar-refractivity contribution in [3.8, 4) is 11.5 Å². The summed E-state index contributed by atoms with van der Waals surface area (Å²) in [6.45, 7) is 2.02. The minimum absolute atomic E-state index is 0.0182. The van der Waals surface area contributed by atoms with E-state index in [1.165, 1.54) is 42.5 Å². The molecule has 0 bridgehead atoms. The number of nitro benzene ring substituents is 2. The summed E-state index contributed by atoms with van der Waals surface area (Å²) in [6, 6.07) is 11.1. The number of carbonyl (C=O) groups excluding carboxylic acids is 1. The monoisotopic (exact) mass is 738 g/mol. The molecule has 3 aromatic rings. The fourth-order valence-electron chi connectivity index (χ4n) is 4.97. The van der Waals surface area contributed by atoms with Crippen molar-refractivity contribution >= 4 is 29.4 Å². The van der Waals surface area contributed by atoms with E-state index in [0.717, 1.165) is 18.2 Å². The number of nitrogens with zero attached hydrogens (tertiary/aromatic N) is 2. The van der Waals surface area contributed by atoms with Gasteiger partial charge < -0.3 is 19.3 Å². The molecule has 0 saturated heterocycles. The van der Waals surface area contributed by atoms with Crippen molar-refractivity contribution in [2.75, 3.05) is 6.61 Å². The van der Waals surface area contributed by atoms with Crippen LogP contribution in [-0.4, -0.2) is 39.7 Å². The Morgan fingerprint density at radius 3 is 2.10 bits per heavy atom. The highest BCUT2D eigenvalue weighted by atomic mass is 19.4. The number of carboxylic acids is 1. The van der Waals surface area contributed by atoms with Crippen molar-refractivity contribution < 1.29 is 60.7 Å². The van der Waals surface area contributed by atoms with Gasteiger partial charge >= 0.3 is 24.2 Å². The number of carboxylic acid groups (broad SMARTS) is 1. The molecule has 17 heteroatoms. The number of non-ortho nitro benzene ring substituents is 1. The molecule has 0 aliphatic rings. The number of unbranched alkanes of at least 4 members (excludes halogenated alkanes) is 4. The summed E-state index contributed by atoms with van der Waals surface area (Å²) in [6.07, 6.45) is -5.84. The standard InChI is InChI=1S/C35H35F5N2O10/c1-2-3-5-8-30(32-28(33(44)45)21-25(41(46)47)22-29(32)42(48)49)51-31(43)18-11-23-9-12-24(13-10-23)35(39,40)52-27-16-14-26(15-17-27)50-20-7-4-6-19-34(36,37)38/h9-18,21-22,30H,2-8,19-20H2,1H3,(H,44,45)/b18-11+. The van der Waals surface area contributed by atoms with Crippen molar-refractivity contribution in [1.29, 1.82) is 0 Å². The number of benzene rings is 3. The summed E-state index contributed by atoms with van der Waals surface area (Å²) in [5.41, 5.74) is -3.26. The van der Waals surface area contributed by atoms with Crippen LogP contribution in [0.5, 0.6) is 11.5 Å². The molecule has 0 saturated carbocycles. The molecule has 1 atom stereocenters. The molecular weight excluding hydrogens is 703 g/mol. The van der Waals surface area contributed by atoms with Gasteiger partial charge in [-0.3, -0.25) is 20.2 Å². The molecule has 0 aliphatic heterocycles. The minimum atomic E-state index is -4.21. The largest absolute Gasteiger partial charge is 0.494 e. The van der Waals surface area contributed by atoms with Crippen LogP contribution < -0.4 is 9.47 Å². The van der Waals surface area contributed by atoms with E-state index in [2.05, 4.69) is 0 Å². The number of hydrogen-bond donors (Lipinski definition) is 1. The van der Waals surface area contributed by atoms with Crippen LogP contribution in [0.4, 0.5) is 33.3 Å². The predicted octanol–water partition coefficient (Wildman–Crippen LogP) is 9.71. The average Bonchev–Trinajstić information content (AvgIpc) is 3.08. The van der Waals surface area contributed by atoms with Gasteiger partial charge in [0.25, 0.3) is 11.4 Å². The molecule has 1 N–H and O–H groups in total. The Bertz CT molecular complexity index is 1690. The van der Waals surface area contributed by atoms with Gasteiger partial charge in [0.15, 0.2) is 0 Å². The molecule has 0 aromatic heterocycles. The number of carbonyl (C=O) groups is 2. The molecule has 280 valence electrons. The lowest BCUT2D eigenvalue weighted by Crippen LogP contribution is -2.21. The first-order chi connectivity index (χ1) is 24.5. The van der Waals surface area contributed by atoms with Crippen LogP contribution in [0.25, 0.3) is 6.08 Å². The summed E-state index contributed by atoms with van der Waals surface area (Å²) in [5, 5.41) is 32.9. The number of ether oxygens (including phenoxy) is 3. The first kappa shape index (κ1) is 40.8. The SMILES string of the molecule is CCCCCC(OC(=O)/C=C/c1ccc(C(F)(F)Oc2ccc(OCCCCCC(F)(F)F)cc2)cc1)c1c(C(=O)O)cc([N+](=O)[O-])cc1[N+](=O)[O-]. The van der Waals surface area contributed by atoms with Crippen molar-refractivity contribution in [1.82, 2.24) is 0 Å². The van der Waals surface area contributed by atoms with Crippen molar-refractivity contribution in [3.05, 3.63) is 109 Å². The van der Waals surface area contributed by atoms with Crippen LogP contribution in [0.15, 0.2) is 66.7 Å². The molecule has 12 nitrogen and oxygen atoms in total. The van der Waals surface area contributed by atoms with Gasteiger partial charge in [-0.2, -0.15) is 22.0 Å². The number of alkyl halides is 5. The smallest absolute Gasteiger partial charge is 0.426 e. The molecule has 0 radical (unpaired) electrons. The van der Waals surface area contributed by atoms with E-state index >= 15 is 0 Å². The van der Waals surface area contributed by atoms with E-state index in [1.807, 2.05) is 6.92 Å². The van der Waals surface area contributed by atoms with Gasteiger partial charge in [-0.25, -0.2) is 9.59 Å². The Morgan fingerprint density at radius 1 is 0.865 bits per heavy atom. The summed E-state index contributed by atoms with van der Waals surface area (Å²) >= 11 is 0. The summed E-state index contributed by atoms with van der Waals surface area (Å²) in [5.74, 6) is -2.62.